The van der Waals surface area contributed by atoms with Crippen LogP contribution in [0.25, 0.3) is 0 Å². The number of nitrogens with one attached hydrogen (secondary N) is 1. The minimum Gasteiger partial charge on any atom is -0.372 e. The first-order valence-corrected chi connectivity index (χ1v) is 9.56. The molecule has 2 amide bonds. The smallest absolute Gasteiger partial charge is 0.240 e. The molecule has 1 heterocycles. The molecule has 1 N–H and O–H groups in total. The van der Waals surface area contributed by atoms with E-state index in [9.17, 15) is 9.59 Å². The highest BCUT2D eigenvalue weighted by molar-refractivity contribution is 5.97. The van der Waals surface area contributed by atoms with Gasteiger partial charge in [-0.3, -0.25) is 9.59 Å². The highest BCUT2D eigenvalue weighted by Crippen LogP contribution is 2.24. The second kappa shape index (κ2) is 8.37. The Morgan fingerprint density at radius 3 is 2.28 bits per heavy atom. The zero-order chi connectivity index (χ0) is 17.6. The minimum atomic E-state index is -0.104. The molecule has 0 atom stereocenters. The maximum absolute atomic E-state index is 12.3. The fraction of sp³-hybridized carbons (Fsp3) is 0.600. The Bertz CT molecular complexity index is 587. The maximum atomic E-state index is 12.3. The predicted octanol–water partition coefficient (Wildman–Crippen LogP) is 3.09. The molecular formula is C20H29N3O2. The lowest BCUT2D eigenvalue weighted by Gasteiger charge is -2.29. The molecule has 136 valence electrons. The molecule has 1 aliphatic carbocycles. The summed E-state index contributed by atoms with van der Waals surface area (Å²) in [5.74, 6) is -0.172. The molecule has 1 saturated heterocycles. The molecule has 5 nitrogen and oxygen atoms in total. The molecule has 0 spiro atoms. The van der Waals surface area contributed by atoms with Crippen LogP contribution in [0.15, 0.2) is 24.3 Å². The van der Waals surface area contributed by atoms with Crippen molar-refractivity contribution in [3.63, 3.8) is 0 Å². The number of hydrogen-bond acceptors (Lipinski definition) is 3. The molecule has 0 aromatic heterocycles. The summed E-state index contributed by atoms with van der Waals surface area (Å²) in [5, 5.41) is 3.06. The average Bonchev–Trinajstić information content (AvgIpc) is 3.13. The van der Waals surface area contributed by atoms with E-state index < -0.39 is 0 Å². The van der Waals surface area contributed by atoms with Gasteiger partial charge in [0.15, 0.2) is 0 Å². The SMILES string of the molecule is CC(=O)N(CC(=O)NC1CCCC1)c1ccc(N2CCCCC2)cc1. The van der Waals surface area contributed by atoms with E-state index in [-0.39, 0.29) is 24.4 Å². The number of anilines is 2. The number of benzene rings is 1. The Labute approximate surface area is 150 Å². The van der Waals surface area contributed by atoms with Crippen molar-refractivity contribution in [2.24, 2.45) is 0 Å². The standard InChI is InChI=1S/C20H29N3O2/c1-16(24)23(15-20(25)21-17-7-3-4-8-17)19-11-9-18(10-12-19)22-13-5-2-6-14-22/h9-12,17H,2-8,13-15H2,1H3,(H,21,25). The van der Waals surface area contributed by atoms with Gasteiger partial charge in [-0.2, -0.15) is 0 Å². The first-order chi connectivity index (χ1) is 12.1. The van der Waals surface area contributed by atoms with Gasteiger partial charge >= 0.3 is 0 Å². The van der Waals surface area contributed by atoms with Crippen LogP contribution in [-0.2, 0) is 9.59 Å². The molecule has 2 aliphatic rings. The number of carbonyl (C=O) groups is 2. The number of carbonyl (C=O) groups excluding carboxylic acids is 2. The Morgan fingerprint density at radius 2 is 1.68 bits per heavy atom. The van der Waals surface area contributed by atoms with Gasteiger partial charge in [-0.1, -0.05) is 12.8 Å². The Morgan fingerprint density at radius 1 is 1.04 bits per heavy atom. The Balaban J connectivity index is 1.63. The number of piperidine rings is 1. The number of hydrogen-bond donors (Lipinski definition) is 1. The lowest BCUT2D eigenvalue weighted by Crippen LogP contribution is -2.43. The second-order valence-electron chi connectivity index (χ2n) is 7.22. The van der Waals surface area contributed by atoms with Gasteiger partial charge in [0.25, 0.3) is 0 Å². The van der Waals surface area contributed by atoms with Gasteiger partial charge in [0.2, 0.25) is 11.8 Å². The van der Waals surface area contributed by atoms with Crippen LogP contribution in [0, 0.1) is 0 Å². The molecule has 3 rings (SSSR count). The van der Waals surface area contributed by atoms with E-state index in [0.717, 1.165) is 31.6 Å². The van der Waals surface area contributed by atoms with Gasteiger partial charge in [0.05, 0.1) is 0 Å². The normalized spacial score (nSPS) is 18.2. The zero-order valence-corrected chi connectivity index (χ0v) is 15.2. The fourth-order valence-electron chi connectivity index (χ4n) is 3.87. The third-order valence-electron chi connectivity index (χ3n) is 5.28. The molecule has 0 unspecified atom stereocenters. The molecule has 0 radical (unpaired) electrons. The summed E-state index contributed by atoms with van der Waals surface area (Å²) in [6.07, 6.45) is 8.25. The van der Waals surface area contributed by atoms with E-state index in [2.05, 4.69) is 22.3 Å². The molecular weight excluding hydrogens is 314 g/mol. The minimum absolute atomic E-state index is 0.0674. The Hall–Kier alpha value is -2.04. The van der Waals surface area contributed by atoms with Crippen LogP contribution in [0.4, 0.5) is 11.4 Å². The highest BCUT2D eigenvalue weighted by Gasteiger charge is 2.21. The van der Waals surface area contributed by atoms with Crippen molar-refractivity contribution in [1.29, 1.82) is 0 Å². The quantitative estimate of drug-likeness (QED) is 0.894. The molecule has 5 heteroatoms. The van der Waals surface area contributed by atoms with E-state index >= 15 is 0 Å². The fourth-order valence-corrected chi connectivity index (χ4v) is 3.87. The lowest BCUT2D eigenvalue weighted by molar-refractivity contribution is -0.123. The summed E-state index contributed by atoms with van der Waals surface area (Å²) in [5.41, 5.74) is 1.98. The molecule has 0 bridgehead atoms. The first-order valence-electron chi connectivity index (χ1n) is 9.56. The van der Waals surface area contributed by atoms with Crippen molar-refractivity contribution >= 4 is 23.2 Å². The van der Waals surface area contributed by atoms with Crippen LogP contribution in [0.2, 0.25) is 0 Å². The van der Waals surface area contributed by atoms with Crippen LogP contribution in [0.1, 0.15) is 51.9 Å². The van der Waals surface area contributed by atoms with Crippen LogP contribution in [0.3, 0.4) is 0 Å². The number of amides is 2. The van der Waals surface area contributed by atoms with Crippen molar-refractivity contribution in [3.8, 4) is 0 Å². The van der Waals surface area contributed by atoms with Gasteiger partial charge in [-0.25, -0.2) is 0 Å². The third kappa shape index (κ3) is 4.74. The van der Waals surface area contributed by atoms with Gasteiger partial charge in [-0.15, -0.1) is 0 Å². The number of nitrogens with zero attached hydrogens (tertiary/aromatic N) is 2. The summed E-state index contributed by atoms with van der Waals surface area (Å²) >= 11 is 0. The van der Waals surface area contributed by atoms with E-state index in [1.807, 2.05) is 12.1 Å². The predicted molar refractivity (Wildman–Crippen MR) is 101 cm³/mol. The van der Waals surface area contributed by atoms with Crippen LogP contribution >= 0.6 is 0 Å². The van der Waals surface area contributed by atoms with Crippen molar-refractivity contribution in [3.05, 3.63) is 24.3 Å². The highest BCUT2D eigenvalue weighted by atomic mass is 16.2. The average molecular weight is 343 g/mol. The van der Waals surface area contributed by atoms with Crippen LogP contribution < -0.4 is 15.1 Å². The van der Waals surface area contributed by atoms with Gasteiger partial charge in [-0.05, 0) is 56.4 Å². The lowest BCUT2D eigenvalue weighted by atomic mass is 10.1. The van der Waals surface area contributed by atoms with Crippen molar-refractivity contribution in [2.45, 2.75) is 57.9 Å². The summed E-state index contributed by atoms with van der Waals surface area (Å²) in [6, 6.07) is 8.31. The molecule has 1 aliphatic heterocycles. The van der Waals surface area contributed by atoms with E-state index in [1.54, 1.807) is 4.90 Å². The summed E-state index contributed by atoms with van der Waals surface area (Å²) in [4.78, 5) is 28.3. The van der Waals surface area contributed by atoms with Gasteiger partial charge in [0, 0.05) is 37.4 Å². The maximum Gasteiger partial charge on any atom is 0.240 e. The van der Waals surface area contributed by atoms with Crippen molar-refractivity contribution in [2.75, 3.05) is 29.4 Å². The van der Waals surface area contributed by atoms with Gasteiger partial charge < -0.3 is 15.1 Å². The van der Waals surface area contributed by atoms with Gasteiger partial charge in [0.1, 0.15) is 6.54 Å². The van der Waals surface area contributed by atoms with E-state index in [1.165, 1.54) is 44.7 Å². The zero-order valence-electron chi connectivity index (χ0n) is 15.2. The summed E-state index contributed by atoms with van der Waals surface area (Å²) in [6.45, 7) is 3.80. The van der Waals surface area contributed by atoms with Crippen molar-refractivity contribution < 1.29 is 9.59 Å². The monoisotopic (exact) mass is 343 g/mol. The molecule has 1 aromatic rings. The van der Waals surface area contributed by atoms with E-state index in [4.69, 9.17) is 0 Å². The third-order valence-corrected chi connectivity index (χ3v) is 5.28. The number of rotatable bonds is 5. The molecule has 2 fully saturated rings. The van der Waals surface area contributed by atoms with E-state index in [0.29, 0.717) is 0 Å². The second-order valence-corrected chi connectivity index (χ2v) is 7.22. The topological polar surface area (TPSA) is 52.7 Å². The molecule has 1 saturated carbocycles. The van der Waals surface area contributed by atoms with Crippen molar-refractivity contribution in [1.82, 2.24) is 5.32 Å². The molecule has 1 aromatic carbocycles. The Kier molecular flexibility index (Phi) is 5.95. The van der Waals surface area contributed by atoms with Crippen LogP contribution in [0.5, 0.6) is 0 Å². The largest absolute Gasteiger partial charge is 0.372 e. The van der Waals surface area contributed by atoms with Crippen LogP contribution in [-0.4, -0.2) is 37.5 Å². The first kappa shape index (κ1) is 17.8. The molecule has 25 heavy (non-hydrogen) atoms. The summed E-state index contributed by atoms with van der Waals surface area (Å²) in [7, 11) is 0. The summed E-state index contributed by atoms with van der Waals surface area (Å²) < 4.78 is 0.